The van der Waals surface area contributed by atoms with E-state index in [-0.39, 0.29) is 35.0 Å². The lowest BCUT2D eigenvalue weighted by Crippen LogP contribution is -2.67. The van der Waals surface area contributed by atoms with Crippen LogP contribution in [0, 0.1) is 5.41 Å². The van der Waals surface area contributed by atoms with Crippen LogP contribution in [0.2, 0.25) is 0 Å². The molecule has 0 saturated carbocycles. The molecular weight excluding hydrogens is 348 g/mol. The van der Waals surface area contributed by atoms with Crippen LogP contribution in [0.3, 0.4) is 0 Å². The topological polar surface area (TPSA) is 43.8 Å². The first-order valence-corrected chi connectivity index (χ1v) is 11.0. The van der Waals surface area contributed by atoms with Crippen LogP contribution < -0.4 is 0 Å². The molecule has 4 aliphatic rings. The Labute approximate surface area is 168 Å². The number of rotatable bonds is 0. The highest BCUT2D eigenvalue weighted by atomic mass is 16.3. The molecule has 0 unspecified atom stereocenters. The van der Waals surface area contributed by atoms with Gasteiger partial charge in [-0.15, -0.1) is 0 Å². The van der Waals surface area contributed by atoms with Crippen molar-refractivity contribution in [3.8, 4) is 0 Å². The second kappa shape index (κ2) is 5.75. The van der Waals surface area contributed by atoms with Crippen molar-refractivity contribution in [2.75, 3.05) is 6.54 Å². The summed E-state index contributed by atoms with van der Waals surface area (Å²) in [5.74, 6) is 0. The fourth-order valence-electron chi connectivity index (χ4n) is 7.02. The molecule has 1 aliphatic carbocycles. The zero-order valence-electron chi connectivity index (χ0n) is 17.7. The summed E-state index contributed by atoms with van der Waals surface area (Å²) in [6.07, 6.45) is 5.48. The number of amides is 2. The van der Waals surface area contributed by atoms with Crippen molar-refractivity contribution >= 4 is 6.03 Å². The Balaban J connectivity index is 1.48. The van der Waals surface area contributed by atoms with Gasteiger partial charge in [0.05, 0.1) is 5.60 Å². The van der Waals surface area contributed by atoms with E-state index in [0.717, 1.165) is 45.1 Å². The number of hydrogen-bond acceptors (Lipinski definition) is 2. The van der Waals surface area contributed by atoms with Gasteiger partial charge in [0.15, 0.2) is 0 Å². The van der Waals surface area contributed by atoms with E-state index in [0.29, 0.717) is 0 Å². The van der Waals surface area contributed by atoms with E-state index in [9.17, 15) is 9.90 Å². The van der Waals surface area contributed by atoms with E-state index in [1.165, 1.54) is 11.1 Å². The number of likely N-dealkylation sites (tertiary alicyclic amines) is 1. The number of aliphatic hydroxyl groups is 1. The van der Waals surface area contributed by atoms with Crippen molar-refractivity contribution < 1.29 is 9.90 Å². The third-order valence-corrected chi connectivity index (χ3v) is 8.95. The zero-order chi connectivity index (χ0) is 19.9. The Morgan fingerprint density at radius 3 is 2.39 bits per heavy atom. The van der Waals surface area contributed by atoms with Gasteiger partial charge in [-0.3, -0.25) is 0 Å². The molecule has 152 valence electrons. The number of nitrogens with zero attached hydrogens (tertiary/aromatic N) is 2. The summed E-state index contributed by atoms with van der Waals surface area (Å²) in [5.41, 5.74) is 2.42. The molecule has 1 aromatic rings. The molecule has 4 bridgehead atoms. The summed E-state index contributed by atoms with van der Waals surface area (Å²) < 4.78 is 0. The third-order valence-electron chi connectivity index (χ3n) is 8.95. The summed E-state index contributed by atoms with van der Waals surface area (Å²) >= 11 is 0. The minimum absolute atomic E-state index is 0.0373. The van der Waals surface area contributed by atoms with E-state index < -0.39 is 5.60 Å². The predicted molar refractivity (Wildman–Crippen MR) is 110 cm³/mol. The summed E-state index contributed by atoms with van der Waals surface area (Å²) in [7, 11) is 0. The lowest BCUT2D eigenvalue weighted by atomic mass is 9.51. The van der Waals surface area contributed by atoms with Gasteiger partial charge >= 0.3 is 6.03 Å². The number of benzene rings is 1. The van der Waals surface area contributed by atoms with Crippen molar-refractivity contribution in [1.29, 1.82) is 0 Å². The molecule has 1 aromatic carbocycles. The van der Waals surface area contributed by atoms with E-state index in [2.05, 4.69) is 54.8 Å². The highest BCUT2D eigenvalue weighted by Crippen LogP contribution is 2.56. The van der Waals surface area contributed by atoms with E-state index in [1.54, 1.807) is 0 Å². The van der Waals surface area contributed by atoms with Crippen molar-refractivity contribution in [2.24, 2.45) is 5.41 Å². The molecule has 0 aromatic heterocycles. The number of carbonyl (C=O) groups excluding carboxylic acids is 1. The van der Waals surface area contributed by atoms with Gasteiger partial charge < -0.3 is 14.9 Å². The molecule has 0 radical (unpaired) electrons. The summed E-state index contributed by atoms with van der Waals surface area (Å²) in [4.78, 5) is 18.1. The average Bonchev–Trinajstić information content (AvgIpc) is 2.90. The molecule has 3 saturated heterocycles. The van der Waals surface area contributed by atoms with Gasteiger partial charge in [0, 0.05) is 30.1 Å². The van der Waals surface area contributed by atoms with Crippen LogP contribution in [0.4, 0.5) is 4.79 Å². The number of carbonyl (C=O) groups is 1. The van der Waals surface area contributed by atoms with Crippen LogP contribution >= 0.6 is 0 Å². The van der Waals surface area contributed by atoms with Crippen LogP contribution in [-0.4, -0.2) is 51.2 Å². The van der Waals surface area contributed by atoms with Crippen molar-refractivity contribution in [3.05, 3.63) is 35.4 Å². The second-order valence-corrected chi connectivity index (χ2v) is 10.9. The Kier molecular flexibility index (Phi) is 3.79. The monoisotopic (exact) mass is 382 g/mol. The smallest absolute Gasteiger partial charge is 0.320 e. The lowest BCUT2D eigenvalue weighted by Gasteiger charge is -2.61. The third kappa shape index (κ3) is 2.36. The molecule has 3 fully saturated rings. The van der Waals surface area contributed by atoms with Gasteiger partial charge in [0.2, 0.25) is 0 Å². The van der Waals surface area contributed by atoms with E-state index >= 15 is 0 Å². The Hall–Kier alpha value is -1.55. The van der Waals surface area contributed by atoms with Crippen LogP contribution in [0.15, 0.2) is 24.3 Å². The van der Waals surface area contributed by atoms with E-state index in [1.807, 2.05) is 6.92 Å². The number of piperidine rings is 2. The number of urea groups is 1. The van der Waals surface area contributed by atoms with Gasteiger partial charge in [0.25, 0.3) is 0 Å². The summed E-state index contributed by atoms with van der Waals surface area (Å²) in [6, 6.07) is 9.72. The van der Waals surface area contributed by atoms with Crippen LogP contribution in [0.5, 0.6) is 0 Å². The predicted octanol–water partition coefficient (Wildman–Crippen LogP) is 4.10. The fraction of sp³-hybridized carbons (Fsp3) is 0.708. The van der Waals surface area contributed by atoms with E-state index in [4.69, 9.17) is 0 Å². The molecule has 2 amide bonds. The van der Waals surface area contributed by atoms with Gasteiger partial charge in [-0.05, 0) is 62.0 Å². The largest absolute Gasteiger partial charge is 0.390 e. The summed E-state index contributed by atoms with van der Waals surface area (Å²) in [5, 5.41) is 10.6. The Bertz CT molecular complexity index is 801. The molecule has 5 atom stereocenters. The molecule has 28 heavy (non-hydrogen) atoms. The molecule has 0 spiro atoms. The Morgan fingerprint density at radius 2 is 1.71 bits per heavy atom. The zero-order valence-corrected chi connectivity index (χ0v) is 17.7. The lowest BCUT2D eigenvalue weighted by molar-refractivity contribution is -0.0512. The van der Waals surface area contributed by atoms with Crippen LogP contribution in [-0.2, 0) is 11.8 Å². The number of fused-ring (bicyclic) bond motifs is 6. The molecule has 3 aliphatic heterocycles. The maximum Gasteiger partial charge on any atom is 0.320 e. The average molecular weight is 383 g/mol. The maximum absolute atomic E-state index is 13.8. The van der Waals surface area contributed by atoms with Gasteiger partial charge in [-0.1, -0.05) is 45.0 Å². The first-order chi connectivity index (χ1) is 13.1. The minimum atomic E-state index is -0.619. The van der Waals surface area contributed by atoms with Crippen LogP contribution in [0.25, 0.3) is 0 Å². The SMILES string of the molecule is CC1(C)[C@H]2Cc3ccccc3[C@]1(C)CCN2C(=O)N1[C@@H]2CC[C@H]1C[C@@](C)(O)C2. The van der Waals surface area contributed by atoms with Crippen molar-refractivity contribution in [1.82, 2.24) is 9.80 Å². The van der Waals surface area contributed by atoms with Crippen LogP contribution in [0.1, 0.15) is 70.9 Å². The first-order valence-electron chi connectivity index (χ1n) is 11.0. The normalized spacial score (nSPS) is 41.0. The molecule has 3 heterocycles. The van der Waals surface area contributed by atoms with Crippen molar-refractivity contribution in [2.45, 2.75) is 95.4 Å². The number of hydrogen-bond donors (Lipinski definition) is 1. The Morgan fingerprint density at radius 1 is 1.07 bits per heavy atom. The first kappa shape index (κ1) is 18.5. The van der Waals surface area contributed by atoms with Crippen molar-refractivity contribution in [3.63, 3.8) is 0 Å². The molecule has 1 N–H and O–H groups in total. The van der Waals surface area contributed by atoms with Gasteiger partial charge in [-0.25, -0.2) is 4.79 Å². The molecule has 4 heteroatoms. The standard InChI is InChI=1S/C24H34N2O2/c1-22(2)20-13-16-7-5-6-8-19(16)24(22,4)11-12-25(20)21(27)26-17-9-10-18(26)15-23(3,28)14-17/h5-8,17-18,20,28H,9-15H2,1-4H3/t17-,18+,20-,23+,24+/m1/s1. The second-order valence-electron chi connectivity index (χ2n) is 10.9. The maximum atomic E-state index is 13.8. The fourth-order valence-corrected chi connectivity index (χ4v) is 7.02. The van der Waals surface area contributed by atoms with Gasteiger partial charge in [-0.2, -0.15) is 0 Å². The summed E-state index contributed by atoms with van der Waals surface area (Å²) in [6.45, 7) is 9.91. The minimum Gasteiger partial charge on any atom is -0.390 e. The molecule has 4 nitrogen and oxygen atoms in total. The molecular formula is C24H34N2O2. The highest BCUT2D eigenvalue weighted by molar-refractivity contribution is 5.77. The molecule has 5 rings (SSSR count). The van der Waals surface area contributed by atoms with Gasteiger partial charge in [0.1, 0.15) is 0 Å². The highest BCUT2D eigenvalue weighted by Gasteiger charge is 2.58. The quantitative estimate of drug-likeness (QED) is 0.734.